The second-order valence-corrected chi connectivity index (χ2v) is 8.89. The molecule has 0 radical (unpaired) electrons. The molecular weight excluding hydrogens is 457 g/mol. The Balaban J connectivity index is 1.54. The van der Waals surface area contributed by atoms with Crippen LogP contribution in [0.25, 0.3) is 0 Å². The fourth-order valence-corrected chi connectivity index (χ4v) is 4.00. The highest BCUT2D eigenvalue weighted by Gasteiger charge is 2.17. The van der Waals surface area contributed by atoms with Crippen molar-refractivity contribution in [2.75, 3.05) is 25.3 Å². The molecule has 1 amide bonds. The van der Waals surface area contributed by atoms with Crippen LogP contribution in [0.15, 0.2) is 47.6 Å². The van der Waals surface area contributed by atoms with Crippen LogP contribution in [0.4, 0.5) is 4.39 Å². The predicted molar refractivity (Wildman–Crippen MR) is 130 cm³/mol. The lowest BCUT2D eigenvalue weighted by molar-refractivity contribution is -0.128. The van der Waals surface area contributed by atoms with E-state index in [2.05, 4.69) is 24.0 Å². The van der Waals surface area contributed by atoms with E-state index in [0.29, 0.717) is 41.3 Å². The number of benzene rings is 2. The van der Waals surface area contributed by atoms with Crippen molar-refractivity contribution in [3.05, 3.63) is 65.2 Å². The molecule has 0 bridgehead atoms. The van der Waals surface area contributed by atoms with E-state index >= 15 is 0 Å². The lowest BCUT2D eigenvalue weighted by Gasteiger charge is -2.21. The molecule has 0 unspecified atom stereocenters. The second kappa shape index (κ2) is 11.7. The van der Waals surface area contributed by atoms with Crippen molar-refractivity contribution >= 4 is 17.7 Å². The minimum atomic E-state index is -0.459. The first-order valence-electron chi connectivity index (χ1n) is 11.0. The van der Waals surface area contributed by atoms with E-state index in [1.807, 2.05) is 31.2 Å². The van der Waals surface area contributed by atoms with E-state index in [9.17, 15) is 9.18 Å². The summed E-state index contributed by atoms with van der Waals surface area (Å²) in [6.45, 7) is 7.07. The lowest BCUT2D eigenvalue weighted by atomic mass is 10.0. The number of hydrogen-bond donors (Lipinski definition) is 1. The normalized spacial score (nSPS) is 11.0. The summed E-state index contributed by atoms with van der Waals surface area (Å²) in [4.78, 5) is 14.4. The zero-order valence-corrected chi connectivity index (χ0v) is 20.6. The third-order valence-corrected chi connectivity index (χ3v) is 6.23. The average Bonchev–Trinajstić information content (AvgIpc) is 3.19. The molecule has 0 saturated heterocycles. The first-order valence-corrected chi connectivity index (χ1v) is 12.0. The third kappa shape index (κ3) is 6.40. The molecule has 0 fully saturated rings. The number of carbonyl (C=O) groups is 1. The fourth-order valence-electron chi connectivity index (χ4n) is 3.22. The summed E-state index contributed by atoms with van der Waals surface area (Å²) in [5, 5.41) is 8.56. The first-order chi connectivity index (χ1) is 16.3. The van der Waals surface area contributed by atoms with Gasteiger partial charge in [0.15, 0.2) is 17.4 Å². The number of aromatic nitrogens is 3. The van der Waals surface area contributed by atoms with Crippen molar-refractivity contribution < 1.29 is 18.7 Å². The molecule has 182 valence electrons. The minimum Gasteiger partial charge on any atom is -0.494 e. The monoisotopic (exact) mass is 487 g/mol. The number of thioether (sulfide) groups is 1. The van der Waals surface area contributed by atoms with Gasteiger partial charge in [-0.1, -0.05) is 43.8 Å². The maximum absolute atomic E-state index is 14.0. The number of halogens is 1. The number of nitrogens with zero attached hydrogens (tertiary/aromatic N) is 4. The van der Waals surface area contributed by atoms with Crippen molar-refractivity contribution in [3.8, 4) is 11.5 Å². The minimum absolute atomic E-state index is 0.116. The summed E-state index contributed by atoms with van der Waals surface area (Å²) in [6.07, 6.45) is 0. The van der Waals surface area contributed by atoms with Crippen molar-refractivity contribution in [1.82, 2.24) is 19.8 Å². The van der Waals surface area contributed by atoms with E-state index in [4.69, 9.17) is 15.3 Å². The van der Waals surface area contributed by atoms with E-state index < -0.39 is 5.82 Å². The molecule has 10 heteroatoms. The molecule has 0 atom stereocenters. The van der Waals surface area contributed by atoms with Gasteiger partial charge in [0.1, 0.15) is 12.4 Å². The lowest BCUT2D eigenvalue weighted by Crippen LogP contribution is -2.32. The standard InChI is InChI=1S/C24H30FN5O3S/c1-5-29(13-17-6-11-21(32-4)20(25)12-17)23(31)15-34-24-28-27-22(30(24)26)14-33-19-9-7-18(8-10-19)16(2)3/h6-12,16H,5,13-15,26H2,1-4H3. The fraction of sp³-hybridized carbons (Fsp3) is 0.375. The van der Waals surface area contributed by atoms with E-state index in [0.717, 1.165) is 0 Å². The maximum atomic E-state index is 14.0. The molecule has 3 rings (SSSR count). The van der Waals surface area contributed by atoms with Gasteiger partial charge in [0.2, 0.25) is 11.1 Å². The van der Waals surface area contributed by atoms with Crippen LogP contribution >= 0.6 is 11.8 Å². The molecule has 8 nitrogen and oxygen atoms in total. The van der Waals surface area contributed by atoms with Gasteiger partial charge in [-0.05, 0) is 48.2 Å². The summed E-state index contributed by atoms with van der Waals surface area (Å²) < 4.78 is 26.0. The Bertz CT molecular complexity index is 1100. The number of carbonyl (C=O) groups excluding carboxylic acids is 1. The first kappa shape index (κ1) is 25.4. The van der Waals surface area contributed by atoms with Gasteiger partial charge in [-0.25, -0.2) is 9.07 Å². The van der Waals surface area contributed by atoms with Crippen LogP contribution in [0.5, 0.6) is 11.5 Å². The molecule has 0 aliphatic heterocycles. The number of hydrogen-bond acceptors (Lipinski definition) is 7. The van der Waals surface area contributed by atoms with Crippen LogP contribution < -0.4 is 15.3 Å². The second-order valence-electron chi connectivity index (χ2n) is 7.95. The van der Waals surface area contributed by atoms with Gasteiger partial charge in [-0.15, -0.1) is 10.2 Å². The van der Waals surface area contributed by atoms with Crippen LogP contribution in [0, 0.1) is 5.82 Å². The summed E-state index contributed by atoms with van der Waals surface area (Å²) in [5.41, 5.74) is 1.91. The molecular formula is C24H30FN5O3S. The smallest absolute Gasteiger partial charge is 0.233 e. The van der Waals surface area contributed by atoms with Crippen molar-refractivity contribution in [1.29, 1.82) is 0 Å². The molecule has 0 aliphatic carbocycles. The Morgan fingerprint density at radius 1 is 1.21 bits per heavy atom. The van der Waals surface area contributed by atoms with Crippen LogP contribution in [0.3, 0.4) is 0 Å². The van der Waals surface area contributed by atoms with Crippen molar-refractivity contribution in [2.45, 2.75) is 45.0 Å². The Morgan fingerprint density at radius 2 is 1.94 bits per heavy atom. The number of methoxy groups -OCH3 is 1. The van der Waals surface area contributed by atoms with Crippen molar-refractivity contribution in [3.63, 3.8) is 0 Å². The molecule has 1 heterocycles. The summed E-state index contributed by atoms with van der Waals surface area (Å²) in [5.74, 6) is 7.44. The predicted octanol–water partition coefficient (Wildman–Crippen LogP) is 3.98. The van der Waals surface area contributed by atoms with Gasteiger partial charge in [-0.2, -0.15) is 0 Å². The van der Waals surface area contributed by atoms with Gasteiger partial charge in [-0.3, -0.25) is 4.79 Å². The highest BCUT2D eigenvalue weighted by Crippen LogP contribution is 2.22. The summed E-state index contributed by atoms with van der Waals surface area (Å²) in [7, 11) is 1.41. The molecule has 2 aromatic carbocycles. The Morgan fingerprint density at radius 3 is 2.56 bits per heavy atom. The number of ether oxygens (including phenoxy) is 2. The zero-order chi connectivity index (χ0) is 24.7. The van der Waals surface area contributed by atoms with E-state index in [1.165, 1.54) is 35.2 Å². The topological polar surface area (TPSA) is 95.5 Å². The molecule has 0 aliphatic rings. The average molecular weight is 488 g/mol. The largest absolute Gasteiger partial charge is 0.494 e. The van der Waals surface area contributed by atoms with Crippen LogP contribution in [-0.4, -0.2) is 45.1 Å². The highest BCUT2D eigenvalue weighted by atomic mass is 32.2. The maximum Gasteiger partial charge on any atom is 0.233 e. The van der Waals surface area contributed by atoms with Gasteiger partial charge in [0.25, 0.3) is 0 Å². The molecule has 0 spiro atoms. The van der Waals surface area contributed by atoms with Crippen molar-refractivity contribution in [2.24, 2.45) is 0 Å². The summed E-state index contributed by atoms with van der Waals surface area (Å²) >= 11 is 1.19. The molecule has 1 aromatic heterocycles. The SMILES string of the molecule is CCN(Cc1ccc(OC)c(F)c1)C(=O)CSc1nnc(COc2ccc(C(C)C)cc2)n1N. The summed E-state index contributed by atoms with van der Waals surface area (Å²) in [6, 6.07) is 12.5. The Labute approximate surface area is 203 Å². The molecule has 34 heavy (non-hydrogen) atoms. The highest BCUT2D eigenvalue weighted by molar-refractivity contribution is 7.99. The number of nitrogen functional groups attached to an aromatic ring is 1. The Kier molecular flexibility index (Phi) is 8.75. The van der Waals surface area contributed by atoms with Crippen LogP contribution in [0.2, 0.25) is 0 Å². The van der Waals surface area contributed by atoms with Gasteiger partial charge in [0.05, 0.1) is 12.9 Å². The number of nitrogens with two attached hydrogens (primary N) is 1. The van der Waals surface area contributed by atoms with Crippen LogP contribution in [-0.2, 0) is 17.9 Å². The van der Waals surface area contributed by atoms with Gasteiger partial charge >= 0.3 is 0 Å². The zero-order valence-electron chi connectivity index (χ0n) is 19.8. The quantitative estimate of drug-likeness (QED) is 0.323. The molecule has 3 aromatic rings. The molecule has 0 saturated carbocycles. The van der Waals surface area contributed by atoms with E-state index in [-0.39, 0.29) is 24.0 Å². The third-order valence-electron chi connectivity index (χ3n) is 5.30. The Hall–Kier alpha value is -3.27. The van der Waals surface area contributed by atoms with Gasteiger partial charge in [0, 0.05) is 13.1 Å². The molecule has 2 N–H and O–H groups in total. The number of rotatable bonds is 11. The number of amides is 1. The van der Waals surface area contributed by atoms with Gasteiger partial charge < -0.3 is 20.2 Å². The van der Waals surface area contributed by atoms with Crippen LogP contribution in [0.1, 0.15) is 43.6 Å². The van der Waals surface area contributed by atoms with E-state index in [1.54, 1.807) is 17.0 Å².